The number of nitrogens with zero attached hydrogens (tertiary/aromatic N) is 4. The van der Waals surface area contributed by atoms with Gasteiger partial charge in [-0.15, -0.1) is 0 Å². The molecule has 2 aliphatic heterocycles. The molecule has 0 aromatic carbocycles. The fourth-order valence-electron chi connectivity index (χ4n) is 3.59. The highest BCUT2D eigenvalue weighted by Crippen LogP contribution is 2.39. The van der Waals surface area contributed by atoms with Gasteiger partial charge in [0, 0.05) is 31.1 Å². The maximum atomic E-state index is 10.6. The third-order valence-electron chi connectivity index (χ3n) is 5.06. The smallest absolute Gasteiger partial charge is 0.475 e. The van der Waals surface area contributed by atoms with Crippen LogP contribution in [0.25, 0.3) is 0 Å². The first-order valence-electron chi connectivity index (χ1n) is 8.92. The lowest BCUT2D eigenvalue weighted by Gasteiger charge is -2.17. The van der Waals surface area contributed by atoms with Crippen molar-refractivity contribution in [1.29, 1.82) is 0 Å². The SMILES string of the molecule is Cc1noc([C@H]2CO[C@@H]3CN(Cc4c(C)noc4C)C[C@H]23)n1.O=C(O)C(F)(F)F. The van der Waals surface area contributed by atoms with E-state index in [9.17, 15) is 13.2 Å². The Morgan fingerprint density at radius 2 is 1.90 bits per heavy atom. The lowest BCUT2D eigenvalue weighted by Crippen LogP contribution is -2.24. The molecule has 29 heavy (non-hydrogen) atoms. The second-order valence-corrected chi connectivity index (χ2v) is 7.12. The average Bonchev–Trinajstić information content (AvgIpc) is 3.37. The van der Waals surface area contributed by atoms with Crippen LogP contribution in [-0.4, -0.2) is 63.2 Å². The molecular weight excluding hydrogens is 397 g/mol. The number of carboxylic acid groups (broad SMARTS) is 1. The van der Waals surface area contributed by atoms with Gasteiger partial charge in [0.05, 0.1) is 24.3 Å². The van der Waals surface area contributed by atoms with Crippen LogP contribution in [-0.2, 0) is 16.1 Å². The van der Waals surface area contributed by atoms with E-state index in [1.54, 1.807) is 0 Å². The molecule has 1 N–H and O–H groups in total. The second kappa shape index (κ2) is 8.11. The van der Waals surface area contributed by atoms with Crippen LogP contribution < -0.4 is 0 Å². The first-order valence-corrected chi connectivity index (χ1v) is 8.92. The van der Waals surface area contributed by atoms with Gasteiger partial charge < -0.3 is 18.9 Å². The Morgan fingerprint density at radius 1 is 1.21 bits per heavy atom. The molecule has 0 radical (unpaired) electrons. The molecule has 12 heteroatoms. The number of aliphatic carboxylic acids is 1. The summed E-state index contributed by atoms with van der Waals surface area (Å²) in [5.41, 5.74) is 2.16. The van der Waals surface area contributed by atoms with Crippen LogP contribution >= 0.6 is 0 Å². The summed E-state index contributed by atoms with van der Waals surface area (Å²) in [5.74, 6) is 0.168. The summed E-state index contributed by atoms with van der Waals surface area (Å²) >= 11 is 0. The molecule has 0 bridgehead atoms. The number of halogens is 3. The predicted molar refractivity (Wildman–Crippen MR) is 90.0 cm³/mol. The minimum atomic E-state index is -5.08. The first kappa shape index (κ1) is 21.2. The van der Waals surface area contributed by atoms with E-state index < -0.39 is 12.1 Å². The van der Waals surface area contributed by atoms with Crippen LogP contribution in [0.2, 0.25) is 0 Å². The van der Waals surface area contributed by atoms with Crippen molar-refractivity contribution in [2.45, 2.75) is 45.5 Å². The molecule has 2 aromatic heterocycles. The molecule has 2 aliphatic rings. The van der Waals surface area contributed by atoms with Gasteiger partial charge >= 0.3 is 12.1 Å². The van der Waals surface area contributed by atoms with Gasteiger partial charge in [-0.25, -0.2) is 4.79 Å². The maximum absolute atomic E-state index is 10.6. The number of likely N-dealkylation sites (tertiary alicyclic amines) is 1. The van der Waals surface area contributed by atoms with Gasteiger partial charge in [-0.2, -0.15) is 18.2 Å². The van der Waals surface area contributed by atoms with Gasteiger partial charge in [0.1, 0.15) is 5.76 Å². The van der Waals surface area contributed by atoms with Crippen molar-refractivity contribution in [2.24, 2.45) is 5.92 Å². The second-order valence-electron chi connectivity index (χ2n) is 7.12. The van der Waals surface area contributed by atoms with Crippen molar-refractivity contribution >= 4 is 5.97 Å². The zero-order valence-corrected chi connectivity index (χ0v) is 16.1. The van der Waals surface area contributed by atoms with E-state index in [0.29, 0.717) is 24.2 Å². The standard InChI is InChI=1S/C15H20N4O3.C2HF3O2/c1-8-11(9(2)21-17-8)4-19-5-12-13(7-20-14(12)6-19)15-16-10(3)18-22-15;3-2(4,5)1(6)7/h12-14H,4-7H2,1-3H3;(H,6,7)/t12-,13+,14-;/m1./s1. The zero-order chi connectivity index (χ0) is 21.3. The number of alkyl halides is 3. The quantitative estimate of drug-likeness (QED) is 0.801. The molecule has 3 atom stereocenters. The van der Waals surface area contributed by atoms with Crippen molar-refractivity contribution in [2.75, 3.05) is 19.7 Å². The number of hydrogen-bond donors (Lipinski definition) is 1. The molecule has 4 heterocycles. The fraction of sp³-hybridized carbons (Fsp3) is 0.647. The number of aryl methyl sites for hydroxylation is 3. The largest absolute Gasteiger partial charge is 0.490 e. The van der Waals surface area contributed by atoms with Gasteiger partial charge in [-0.1, -0.05) is 10.3 Å². The molecule has 0 amide bonds. The summed E-state index contributed by atoms with van der Waals surface area (Å²) in [6.07, 6.45) is -4.84. The number of aromatic nitrogens is 3. The van der Waals surface area contributed by atoms with E-state index >= 15 is 0 Å². The minimum Gasteiger partial charge on any atom is -0.475 e. The molecule has 160 valence electrons. The monoisotopic (exact) mass is 418 g/mol. The van der Waals surface area contributed by atoms with Crippen LogP contribution in [0.5, 0.6) is 0 Å². The Labute approximate surface area is 163 Å². The van der Waals surface area contributed by atoms with Crippen LogP contribution in [0, 0.1) is 26.7 Å². The Balaban J connectivity index is 0.000000298. The molecule has 2 aromatic rings. The third-order valence-corrected chi connectivity index (χ3v) is 5.06. The molecule has 0 saturated carbocycles. The van der Waals surface area contributed by atoms with Crippen molar-refractivity contribution in [3.63, 3.8) is 0 Å². The molecule has 0 unspecified atom stereocenters. The maximum Gasteiger partial charge on any atom is 0.490 e. The van der Waals surface area contributed by atoms with Gasteiger partial charge in [0.2, 0.25) is 5.89 Å². The van der Waals surface area contributed by atoms with Crippen LogP contribution in [0.1, 0.15) is 34.7 Å². The minimum absolute atomic E-state index is 0.209. The predicted octanol–water partition coefficient (Wildman–Crippen LogP) is 2.23. The number of carboxylic acids is 1. The van der Waals surface area contributed by atoms with E-state index in [2.05, 4.69) is 20.2 Å². The number of hydrogen-bond acceptors (Lipinski definition) is 8. The van der Waals surface area contributed by atoms with Gasteiger partial charge in [-0.05, 0) is 20.8 Å². The Bertz CT molecular complexity index is 846. The summed E-state index contributed by atoms with van der Waals surface area (Å²) in [6, 6.07) is 0. The highest BCUT2D eigenvalue weighted by molar-refractivity contribution is 5.73. The molecule has 2 saturated heterocycles. The number of fused-ring (bicyclic) bond motifs is 1. The number of ether oxygens (including phenoxy) is 1. The summed E-state index contributed by atoms with van der Waals surface area (Å²) in [5, 5.41) is 15.1. The van der Waals surface area contributed by atoms with Gasteiger partial charge in [-0.3, -0.25) is 4.90 Å². The Kier molecular flexibility index (Phi) is 5.94. The Morgan fingerprint density at radius 3 is 2.41 bits per heavy atom. The van der Waals surface area contributed by atoms with E-state index in [4.69, 9.17) is 23.7 Å². The van der Waals surface area contributed by atoms with Crippen molar-refractivity contribution in [1.82, 2.24) is 20.2 Å². The normalized spacial score (nSPS) is 24.3. The van der Waals surface area contributed by atoms with Crippen molar-refractivity contribution in [3.05, 3.63) is 28.7 Å². The molecule has 9 nitrogen and oxygen atoms in total. The van der Waals surface area contributed by atoms with E-state index in [1.807, 2.05) is 20.8 Å². The summed E-state index contributed by atoms with van der Waals surface area (Å²) in [6.45, 7) is 9.23. The lowest BCUT2D eigenvalue weighted by molar-refractivity contribution is -0.192. The fourth-order valence-corrected chi connectivity index (χ4v) is 3.59. The molecule has 0 spiro atoms. The van der Waals surface area contributed by atoms with Crippen LogP contribution in [0.15, 0.2) is 9.05 Å². The van der Waals surface area contributed by atoms with Crippen LogP contribution in [0.3, 0.4) is 0 Å². The molecule has 4 rings (SSSR count). The summed E-state index contributed by atoms with van der Waals surface area (Å²) in [4.78, 5) is 15.7. The highest BCUT2D eigenvalue weighted by atomic mass is 19.4. The topological polar surface area (TPSA) is 115 Å². The van der Waals surface area contributed by atoms with E-state index in [1.165, 1.54) is 5.56 Å². The first-order chi connectivity index (χ1) is 13.6. The van der Waals surface area contributed by atoms with Crippen molar-refractivity contribution in [3.8, 4) is 0 Å². The summed E-state index contributed by atoms with van der Waals surface area (Å²) < 4.78 is 48.3. The lowest BCUT2D eigenvalue weighted by atomic mass is 9.93. The highest BCUT2D eigenvalue weighted by Gasteiger charge is 2.46. The average molecular weight is 418 g/mol. The summed E-state index contributed by atoms with van der Waals surface area (Å²) in [7, 11) is 0. The van der Waals surface area contributed by atoms with Gasteiger partial charge in [0.25, 0.3) is 0 Å². The Hall–Kier alpha value is -2.47. The number of rotatable bonds is 3. The van der Waals surface area contributed by atoms with E-state index in [0.717, 1.165) is 31.1 Å². The number of carbonyl (C=O) groups is 1. The molecular formula is C17H21F3N4O5. The van der Waals surface area contributed by atoms with Crippen LogP contribution in [0.4, 0.5) is 13.2 Å². The van der Waals surface area contributed by atoms with Gasteiger partial charge in [0.15, 0.2) is 5.82 Å². The third kappa shape index (κ3) is 4.75. The molecule has 2 fully saturated rings. The molecule has 0 aliphatic carbocycles. The zero-order valence-electron chi connectivity index (χ0n) is 16.1. The van der Waals surface area contributed by atoms with Crippen molar-refractivity contribution < 1.29 is 36.9 Å². The van der Waals surface area contributed by atoms with E-state index in [-0.39, 0.29) is 12.0 Å².